The molecule has 0 saturated carbocycles. The Hall–Kier alpha value is -2.04. The van der Waals surface area contributed by atoms with Gasteiger partial charge in [0.15, 0.2) is 11.8 Å². The Balaban J connectivity index is 2.87. The summed E-state index contributed by atoms with van der Waals surface area (Å²) in [7, 11) is 0. The first kappa shape index (κ1) is 14.0. The van der Waals surface area contributed by atoms with Gasteiger partial charge in [-0.05, 0) is 25.0 Å². The lowest BCUT2D eigenvalue weighted by atomic mass is 9.93. The van der Waals surface area contributed by atoms with Crippen molar-refractivity contribution < 1.29 is 14.7 Å². The fourth-order valence-electron chi connectivity index (χ4n) is 1.58. The van der Waals surface area contributed by atoms with Gasteiger partial charge in [0.1, 0.15) is 0 Å². The van der Waals surface area contributed by atoms with Gasteiger partial charge in [0.05, 0.1) is 5.92 Å². The number of hydrogen-bond acceptors (Lipinski definition) is 4. The fourth-order valence-corrected chi connectivity index (χ4v) is 1.58. The highest BCUT2D eigenvalue weighted by atomic mass is 16.4. The summed E-state index contributed by atoms with van der Waals surface area (Å²) in [5, 5.41) is 11.7. The van der Waals surface area contributed by atoms with Gasteiger partial charge < -0.3 is 9.90 Å². The Morgan fingerprint density at radius 1 is 1.44 bits per heavy atom. The van der Waals surface area contributed by atoms with E-state index in [-0.39, 0.29) is 6.42 Å². The van der Waals surface area contributed by atoms with Gasteiger partial charge in [-0.2, -0.15) is 0 Å². The van der Waals surface area contributed by atoms with Crippen molar-refractivity contribution in [3.05, 3.63) is 40.3 Å². The molecule has 5 nitrogen and oxygen atoms in total. The molecule has 2 atom stereocenters. The number of aliphatic carboxylic acids is 1. The molecule has 1 aromatic carbocycles. The molecule has 5 heteroatoms. The first-order valence-electron chi connectivity index (χ1n) is 5.54. The minimum Gasteiger partial charge on any atom is -0.481 e. The molecule has 18 heavy (non-hydrogen) atoms. The van der Waals surface area contributed by atoms with Crippen molar-refractivity contribution in [2.24, 2.45) is 5.18 Å². The summed E-state index contributed by atoms with van der Waals surface area (Å²) >= 11 is 0. The summed E-state index contributed by atoms with van der Waals surface area (Å²) in [6.45, 7) is 3.06. The van der Waals surface area contributed by atoms with Crippen LogP contribution in [0, 0.1) is 4.91 Å². The van der Waals surface area contributed by atoms with E-state index in [1.165, 1.54) is 6.92 Å². The van der Waals surface area contributed by atoms with E-state index in [2.05, 4.69) is 5.18 Å². The summed E-state index contributed by atoms with van der Waals surface area (Å²) in [5.41, 5.74) is 0.184. The quantitative estimate of drug-likeness (QED) is 0.618. The second-order valence-electron chi connectivity index (χ2n) is 4.54. The van der Waals surface area contributed by atoms with Crippen LogP contribution in [0.5, 0.6) is 0 Å². The van der Waals surface area contributed by atoms with E-state index in [9.17, 15) is 14.5 Å². The first-order chi connectivity index (χ1) is 8.41. The molecule has 0 heterocycles. The number of carbonyl (C=O) groups is 2. The van der Waals surface area contributed by atoms with Crippen LogP contribution < -0.4 is 0 Å². The van der Waals surface area contributed by atoms with Crippen molar-refractivity contribution in [1.29, 1.82) is 0 Å². The number of carboxylic acid groups (broad SMARTS) is 1. The molecule has 0 aliphatic carbocycles. The minimum atomic E-state index is -1.26. The van der Waals surface area contributed by atoms with Crippen molar-refractivity contribution >= 4 is 12.3 Å². The molecule has 0 radical (unpaired) electrons. The van der Waals surface area contributed by atoms with Gasteiger partial charge in [0.2, 0.25) is 0 Å². The van der Waals surface area contributed by atoms with Crippen LogP contribution in [-0.4, -0.2) is 22.9 Å². The number of carbonyl (C=O) groups excluding carboxylic acids is 1. The largest absolute Gasteiger partial charge is 0.481 e. The van der Waals surface area contributed by atoms with Crippen molar-refractivity contribution in [1.82, 2.24) is 0 Å². The van der Waals surface area contributed by atoms with E-state index in [4.69, 9.17) is 5.11 Å². The maximum atomic E-state index is 10.8. The highest BCUT2D eigenvalue weighted by Gasteiger charge is 2.25. The second kappa shape index (κ2) is 5.53. The third kappa shape index (κ3) is 3.23. The number of carboxylic acids is 1. The highest BCUT2D eigenvalue weighted by molar-refractivity contribution is 5.75. The number of nitroso groups, excluding NO2 is 1. The van der Waals surface area contributed by atoms with Crippen LogP contribution in [0.4, 0.5) is 0 Å². The van der Waals surface area contributed by atoms with Crippen molar-refractivity contribution in [2.75, 3.05) is 0 Å². The topological polar surface area (TPSA) is 83.8 Å². The van der Waals surface area contributed by atoms with E-state index < -0.39 is 17.4 Å². The zero-order valence-corrected chi connectivity index (χ0v) is 10.3. The van der Waals surface area contributed by atoms with Crippen LogP contribution in [-0.2, 0) is 16.0 Å². The van der Waals surface area contributed by atoms with Gasteiger partial charge in [-0.1, -0.05) is 29.4 Å². The predicted molar refractivity (Wildman–Crippen MR) is 66.5 cm³/mol. The van der Waals surface area contributed by atoms with Crippen molar-refractivity contribution in [2.45, 2.75) is 31.7 Å². The molecule has 1 N–H and O–H groups in total. The summed E-state index contributed by atoms with van der Waals surface area (Å²) in [5.74, 6) is -1.48. The number of benzene rings is 1. The Morgan fingerprint density at radius 2 is 2.00 bits per heavy atom. The van der Waals surface area contributed by atoms with Gasteiger partial charge in [0.25, 0.3) is 0 Å². The lowest BCUT2D eigenvalue weighted by molar-refractivity contribution is -0.138. The molecule has 0 bridgehead atoms. The Morgan fingerprint density at radius 3 is 2.39 bits per heavy atom. The average Bonchev–Trinajstić information content (AvgIpc) is 2.38. The maximum Gasteiger partial charge on any atom is 0.310 e. The van der Waals surface area contributed by atoms with Crippen molar-refractivity contribution in [3.63, 3.8) is 0 Å². The molecule has 0 aromatic heterocycles. The summed E-state index contributed by atoms with van der Waals surface area (Å²) in [4.78, 5) is 32.1. The van der Waals surface area contributed by atoms with Crippen LogP contribution in [0.25, 0.3) is 0 Å². The normalized spacial score (nSPS) is 15.4. The van der Waals surface area contributed by atoms with Gasteiger partial charge in [0, 0.05) is 6.42 Å². The predicted octanol–water partition coefficient (Wildman–Crippen LogP) is 2.14. The third-order valence-corrected chi connectivity index (χ3v) is 2.87. The zero-order valence-electron chi connectivity index (χ0n) is 10.3. The SMILES string of the molecule is CC(C(=O)O)c1ccc(CC(C)(C=O)N=O)cc1. The molecule has 2 unspecified atom stereocenters. The number of nitrogens with zero attached hydrogens (tertiary/aromatic N) is 1. The molecule has 0 aliphatic rings. The molecule has 96 valence electrons. The molecule has 1 aromatic rings. The molecular formula is C13H15NO4. The number of hydrogen-bond donors (Lipinski definition) is 1. The standard InChI is InChI=1S/C13H15NO4/c1-9(12(16)17)11-5-3-10(4-6-11)7-13(2,8-15)14-18/h3-6,8-9H,7H2,1-2H3,(H,16,17). The van der Waals surface area contributed by atoms with Crippen LogP contribution in [0.2, 0.25) is 0 Å². The van der Waals surface area contributed by atoms with Gasteiger partial charge in [-0.25, -0.2) is 0 Å². The molecule has 0 fully saturated rings. The lowest BCUT2D eigenvalue weighted by Crippen LogP contribution is -2.26. The van der Waals surface area contributed by atoms with Crippen molar-refractivity contribution in [3.8, 4) is 0 Å². The average molecular weight is 249 g/mol. The molecule has 1 rings (SSSR count). The minimum absolute atomic E-state index is 0.210. The van der Waals surface area contributed by atoms with Crippen LogP contribution >= 0.6 is 0 Å². The maximum absolute atomic E-state index is 10.8. The van der Waals surface area contributed by atoms with Gasteiger partial charge in [-0.15, -0.1) is 4.91 Å². The summed E-state index contributed by atoms with van der Waals surface area (Å²) in [6, 6.07) is 6.79. The monoisotopic (exact) mass is 249 g/mol. The van der Waals surface area contributed by atoms with Crippen LogP contribution in [0.3, 0.4) is 0 Å². The van der Waals surface area contributed by atoms with Crippen LogP contribution in [0.15, 0.2) is 29.4 Å². The molecule has 0 saturated heterocycles. The Kier molecular flexibility index (Phi) is 4.31. The molecular weight excluding hydrogens is 234 g/mol. The van der Waals surface area contributed by atoms with Gasteiger partial charge >= 0.3 is 5.97 Å². The zero-order chi connectivity index (χ0) is 13.8. The van der Waals surface area contributed by atoms with E-state index in [0.717, 1.165) is 5.56 Å². The Bertz CT molecular complexity index is 445. The number of aldehydes is 1. The molecule has 0 spiro atoms. The smallest absolute Gasteiger partial charge is 0.310 e. The third-order valence-electron chi connectivity index (χ3n) is 2.87. The Labute approximate surface area is 105 Å². The summed E-state index contributed by atoms with van der Waals surface area (Å²) < 4.78 is 0. The van der Waals surface area contributed by atoms with Gasteiger partial charge in [-0.3, -0.25) is 4.79 Å². The first-order valence-corrected chi connectivity index (χ1v) is 5.54. The van der Waals surface area contributed by atoms with E-state index in [1.807, 2.05) is 0 Å². The van der Waals surface area contributed by atoms with E-state index in [1.54, 1.807) is 31.2 Å². The molecule has 0 amide bonds. The lowest BCUT2D eigenvalue weighted by Gasteiger charge is -2.14. The highest BCUT2D eigenvalue weighted by Crippen LogP contribution is 2.19. The number of rotatable bonds is 6. The van der Waals surface area contributed by atoms with E-state index in [0.29, 0.717) is 11.8 Å². The van der Waals surface area contributed by atoms with Crippen LogP contribution in [0.1, 0.15) is 30.9 Å². The summed E-state index contributed by atoms with van der Waals surface area (Å²) in [6.07, 6.45) is 0.732. The second-order valence-corrected chi connectivity index (χ2v) is 4.54. The molecule has 0 aliphatic heterocycles. The van der Waals surface area contributed by atoms with E-state index >= 15 is 0 Å². The fraction of sp³-hybridized carbons (Fsp3) is 0.385.